The third kappa shape index (κ3) is 4.86. The third-order valence-electron chi connectivity index (χ3n) is 3.92. The summed E-state index contributed by atoms with van der Waals surface area (Å²) in [6, 6.07) is 12.6. The summed E-state index contributed by atoms with van der Waals surface area (Å²) in [5.41, 5.74) is 8.02. The zero-order valence-corrected chi connectivity index (χ0v) is 14.9. The van der Waals surface area contributed by atoms with Crippen LogP contribution in [0.15, 0.2) is 47.5 Å². The molecule has 0 aliphatic heterocycles. The van der Waals surface area contributed by atoms with Crippen LogP contribution >= 0.6 is 0 Å². The Kier molecular flexibility index (Phi) is 6.62. The highest BCUT2D eigenvalue weighted by molar-refractivity contribution is 5.93. The lowest BCUT2D eigenvalue weighted by Gasteiger charge is -2.21. The van der Waals surface area contributed by atoms with Gasteiger partial charge >= 0.3 is 0 Å². The van der Waals surface area contributed by atoms with E-state index in [1.54, 1.807) is 13.2 Å². The molecule has 25 heavy (non-hydrogen) atoms. The van der Waals surface area contributed by atoms with Crippen LogP contribution in [0, 0.1) is 5.82 Å². The standard InChI is InChI=1S/C19H25FN4O/c1-4-24(5-2)17-11-10-14(12-15(17)20)13-22-19(21)23-16-8-6-7-9-18(16)25-3/h6-12H,4-5,13H2,1-3H3,(H3,21,22,23). The molecule has 0 aromatic heterocycles. The molecule has 0 aliphatic carbocycles. The van der Waals surface area contributed by atoms with Gasteiger partial charge in [-0.05, 0) is 43.7 Å². The molecule has 2 aromatic carbocycles. The van der Waals surface area contributed by atoms with Gasteiger partial charge in [-0.2, -0.15) is 0 Å². The maximum atomic E-state index is 14.3. The van der Waals surface area contributed by atoms with Crippen molar-refractivity contribution >= 4 is 17.3 Å². The Labute approximate surface area is 148 Å². The lowest BCUT2D eigenvalue weighted by atomic mass is 10.2. The van der Waals surface area contributed by atoms with Gasteiger partial charge in [0.1, 0.15) is 11.6 Å². The first-order chi connectivity index (χ1) is 12.1. The van der Waals surface area contributed by atoms with Crippen LogP contribution in [-0.2, 0) is 6.54 Å². The van der Waals surface area contributed by atoms with E-state index in [0.717, 1.165) is 24.3 Å². The number of methoxy groups -OCH3 is 1. The van der Waals surface area contributed by atoms with Gasteiger partial charge in [0.2, 0.25) is 0 Å². The topological polar surface area (TPSA) is 62.9 Å². The molecule has 3 N–H and O–H groups in total. The van der Waals surface area contributed by atoms with Crippen LogP contribution < -0.4 is 20.7 Å². The number of hydrogen-bond donors (Lipinski definition) is 2. The minimum Gasteiger partial charge on any atom is -0.495 e. The van der Waals surface area contributed by atoms with E-state index in [1.807, 2.05) is 49.1 Å². The molecule has 0 saturated heterocycles. The van der Waals surface area contributed by atoms with Crippen molar-refractivity contribution in [2.24, 2.45) is 10.7 Å². The number of nitrogens with two attached hydrogens (primary N) is 1. The van der Waals surface area contributed by atoms with Crippen molar-refractivity contribution in [3.8, 4) is 5.75 Å². The average Bonchev–Trinajstić information content (AvgIpc) is 2.63. The van der Waals surface area contributed by atoms with Crippen molar-refractivity contribution < 1.29 is 9.13 Å². The maximum Gasteiger partial charge on any atom is 0.193 e. The first-order valence-corrected chi connectivity index (χ1v) is 8.32. The van der Waals surface area contributed by atoms with Gasteiger partial charge in [0, 0.05) is 13.1 Å². The Morgan fingerprint density at radius 2 is 1.92 bits per heavy atom. The zero-order chi connectivity index (χ0) is 18.2. The first kappa shape index (κ1) is 18.6. The Morgan fingerprint density at radius 1 is 1.20 bits per heavy atom. The summed E-state index contributed by atoms with van der Waals surface area (Å²) in [6.45, 7) is 5.83. The lowest BCUT2D eigenvalue weighted by molar-refractivity contribution is 0.417. The van der Waals surface area contributed by atoms with Crippen molar-refractivity contribution in [1.82, 2.24) is 0 Å². The molecular formula is C19H25FN4O. The molecule has 0 unspecified atom stereocenters. The Morgan fingerprint density at radius 3 is 2.56 bits per heavy atom. The molecule has 0 radical (unpaired) electrons. The summed E-state index contributed by atoms with van der Waals surface area (Å²) in [5.74, 6) is 0.681. The van der Waals surface area contributed by atoms with E-state index in [4.69, 9.17) is 10.5 Å². The second-order valence-corrected chi connectivity index (χ2v) is 5.48. The lowest BCUT2D eigenvalue weighted by Crippen LogP contribution is -2.23. The molecule has 2 rings (SSSR count). The molecule has 0 heterocycles. The molecular weight excluding hydrogens is 319 g/mol. The summed E-state index contributed by atoms with van der Waals surface area (Å²) in [6.07, 6.45) is 0. The van der Waals surface area contributed by atoms with E-state index in [9.17, 15) is 4.39 Å². The maximum absolute atomic E-state index is 14.3. The molecule has 2 aromatic rings. The second kappa shape index (κ2) is 8.92. The number of guanidine groups is 1. The van der Waals surface area contributed by atoms with Gasteiger partial charge in [-0.15, -0.1) is 0 Å². The first-order valence-electron chi connectivity index (χ1n) is 8.32. The van der Waals surface area contributed by atoms with Gasteiger partial charge in [-0.25, -0.2) is 9.38 Å². The number of ether oxygens (including phenoxy) is 1. The Balaban J connectivity index is 2.06. The molecule has 0 saturated carbocycles. The van der Waals surface area contributed by atoms with Gasteiger partial charge in [0.05, 0.1) is 25.0 Å². The summed E-state index contributed by atoms with van der Waals surface area (Å²) in [7, 11) is 1.59. The molecule has 0 fully saturated rings. The second-order valence-electron chi connectivity index (χ2n) is 5.48. The van der Waals surface area contributed by atoms with Gasteiger partial charge in [-0.3, -0.25) is 0 Å². The fraction of sp³-hybridized carbons (Fsp3) is 0.316. The predicted octanol–water partition coefficient (Wildman–Crippen LogP) is 3.61. The van der Waals surface area contributed by atoms with Crippen molar-refractivity contribution in [3.05, 3.63) is 53.8 Å². The van der Waals surface area contributed by atoms with E-state index in [-0.39, 0.29) is 11.8 Å². The number of anilines is 2. The summed E-state index contributed by atoms with van der Waals surface area (Å²) in [5, 5.41) is 2.99. The number of nitrogens with zero attached hydrogens (tertiary/aromatic N) is 2. The minimum atomic E-state index is -0.243. The zero-order valence-electron chi connectivity index (χ0n) is 14.9. The number of rotatable bonds is 7. The fourth-order valence-corrected chi connectivity index (χ4v) is 2.57. The van der Waals surface area contributed by atoms with Crippen LogP contribution in [0.2, 0.25) is 0 Å². The summed E-state index contributed by atoms with van der Waals surface area (Å²) < 4.78 is 19.5. The number of para-hydroxylation sites is 2. The van der Waals surface area contributed by atoms with Crippen LogP contribution in [0.1, 0.15) is 19.4 Å². The molecule has 0 aliphatic rings. The third-order valence-corrected chi connectivity index (χ3v) is 3.92. The highest BCUT2D eigenvalue weighted by atomic mass is 19.1. The van der Waals surface area contributed by atoms with E-state index in [1.165, 1.54) is 6.07 Å². The monoisotopic (exact) mass is 344 g/mol. The number of nitrogens with one attached hydrogen (secondary N) is 1. The van der Waals surface area contributed by atoms with Crippen LogP contribution in [0.5, 0.6) is 5.75 Å². The quantitative estimate of drug-likeness (QED) is 0.595. The van der Waals surface area contributed by atoms with Gasteiger partial charge in [-0.1, -0.05) is 18.2 Å². The molecule has 5 nitrogen and oxygen atoms in total. The van der Waals surface area contributed by atoms with Crippen molar-refractivity contribution in [3.63, 3.8) is 0 Å². The molecule has 6 heteroatoms. The number of aliphatic imine (C=N–C) groups is 1. The summed E-state index contributed by atoms with van der Waals surface area (Å²) >= 11 is 0. The highest BCUT2D eigenvalue weighted by Gasteiger charge is 2.09. The van der Waals surface area contributed by atoms with Crippen molar-refractivity contribution in [1.29, 1.82) is 0 Å². The average molecular weight is 344 g/mol. The number of hydrogen-bond acceptors (Lipinski definition) is 3. The molecule has 0 bridgehead atoms. The largest absolute Gasteiger partial charge is 0.495 e. The van der Waals surface area contributed by atoms with E-state index >= 15 is 0 Å². The van der Waals surface area contributed by atoms with E-state index in [2.05, 4.69) is 10.3 Å². The Hall–Kier alpha value is -2.76. The van der Waals surface area contributed by atoms with Crippen LogP contribution in [0.3, 0.4) is 0 Å². The van der Waals surface area contributed by atoms with Gasteiger partial charge in [0.25, 0.3) is 0 Å². The fourth-order valence-electron chi connectivity index (χ4n) is 2.57. The SMILES string of the molecule is CCN(CC)c1ccc(CN=C(N)Nc2ccccc2OC)cc1F. The Bertz CT molecular complexity index is 729. The van der Waals surface area contributed by atoms with Crippen LogP contribution in [0.4, 0.5) is 15.8 Å². The normalized spacial score (nSPS) is 11.3. The molecule has 0 amide bonds. The van der Waals surface area contributed by atoms with Crippen molar-refractivity contribution in [2.45, 2.75) is 20.4 Å². The highest BCUT2D eigenvalue weighted by Crippen LogP contribution is 2.23. The predicted molar refractivity (Wildman–Crippen MR) is 102 cm³/mol. The van der Waals surface area contributed by atoms with Crippen LogP contribution in [-0.4, -0.2) is 26.2 Å². The van der Waals surface area contributed by atoms with Gasteiger partial charge in [0.15, 0.2) is 5.96 Å². The van der Waals surface area contributed by atoms with Crippen molar-refractivity contribution in [2.75, 3.05) is 30.4 Å². The van der Waals surface area contributed by atoms with E-state index in [0.29, 0.717) is 18.0 Å². The molecule has 0 spiro atoms. The smallest absolute Gasteiger partial charge is 0.193 e. The number of halogens is 1. The van der Waals surface area contributed by atoms with Gasteiger partial charge < -0.3 is 20.7 Å². The van der Waals surface area contributed by atoms with Crippen LogP contribution in [0.25, 0.3) is 0 Å². The van der Waals surface area contributed by atoms with E-state index < -0.39 is 0 Å². The molecule has 0 atom stereocenters. The summed E-state index contributed by atoms with van der Waals surface area (Å²) in [4.78, 5) is 6.24. The molecule has 134 valence electrons. The minimum absolute atomic E-state index is 0.243. The number of benzene rings is 2.